The molecule has 0 rings (SSSR count). The second kappa shape index (κ2) is 6.26. The molecule has 0 saturated heterocycles. The molecule has 0 radical (unpaired) electrons. The van der Waals surface area contributed by atoms with E-state index in [1.165, 1.54) is 0 Å². The highest BCUT2D eigenvalue weighted by molar-refractivity contribution is 7.80. The third-order valence-corrected chi connectivity index (χ3v) is 2.21. The number of hydrogen-bond acceptors (Lipinski definition) is 3. The molecule has 1 N–H and O–H groups in total. The molecule has 0 aliphatic heterocycles. The molecule has 0 spiro atoms. The molecule has 0 heterocycles. The minimum Gasteiger partial charge on any atom is -0.444 e. The molecule has 0 aliphatic rings. The van der Waals surface area contributed by atoms with Gasteiger partial charge in [0.1, 0.15) is 5.60 Å². The van der Waals surface area contributed by atoms with Gasteiger partial charge in [0, 0.05) is 6.04 Å². The fourth-order valence-corrected chi connectivity index (χ4v) is 1.45. The number of ether oxygens (including phenoxy) is 1. The van der Waals surface area contributed by atoms with Gasteiger partial charge in [0.15, 0.2) is 0 Å². The van der Waals surface area contributed by atoms with Gasteiger partial charge in [-0.25, -0.2) is 4.79 Å². The highest BCUT2D eigenvalue weighted by atomic mass is 32.1. The first-order valence-electron chi connectivity index (χ1n) is 5.36. The Labute approximate surface area is 98.4 Å². The van der Waals surface area contributed by atoms with Crippen LogP contribution < -0.4 is 5.32 Å². The van der Waals surface area contributed by atoms with Crippen LogP contribution in [0.5, 0.6) is 0 Å². The van der Waals surface area contributed by atoms with E-state index in [9.17, 15) is 4.79 Å². The Hall–Kier alpha value is -0.380. The standard InChI is InChI=1S/C11H23NO2S/c1-8(2)9(6-7-15)12-10(13)14-11(3,4)5/h8-9,15H,6-7H2,1-5H3,(H,12,13). The maximum atomic E-state index is 11.5. The van der Waals surface area contributed by atoms with Crippen LogP contribution in [0.25, 0.3) is 0 Å². The van der Waals surface area contributed by atoms with Crippen molar-refractivity contribution in [3.05, 3.63) is 0 Å². The van der Waals surface area contributed by atoms with Crippen molar-refractivity contribution in [1.82, 2.24) is 5.32 Å². The third kappa shape index (κ3) is 7.54. The van der Waals surface area contributed by atoms with E-state index >= 15 is 0 Å². The zero-order valence-electron chi connectivity index (χ0n) is 10.3. The summed E-state index contributed by atoms with van der Waals surface area (Å²) in [5.41, 5.74) is -0.438. The summed E-state index contributed by atoms with van der Waals surface area (Å²) in [6.07, 6.45) is 0.517. The number of rotatable bonds is 4. The van der Waals surface area contributed by atoms with E-state index in [1.807, 2.05) is 20.8 Å². The first-order valence-corrected chi connectivity index (χ1v) is 6.00. The molecule has 1 amide bonds. The highest BCUT2D eigenvalue weighted by Crippen LogP contribution is 2.10. The fourth-order valence-electron chi connectivity index (χ4n) is 1.17. The molecule has 3 nitrogen and oxygen atoms in total. The minimum absolute atomic E-state index is 0.136. The van der Waals surface area contributed by atoms with Crippen molar-refractivity contribution in [3.63, 3.8) is 0 Å². The second-order valence-electron chi connectivity index (χ2n) is 5.01. The number of carbonyl (C=O) groups is 1. The number of carbonyl (C=O) groups excluding carboxylic acids is 1. The summed E-state index contributed by atoms with van der Waals surface area (Å²) in [6.45, 7) is 9.72. The molecule has 0 aromatic carbocycles. The molecule has 0 aromatic rings. The van der Waals surface area contributed by atoms with Crippen LogP contribution in [0.2, 0.25) is 0 Å². The van der Waals surface area contributed by atoms with Crippen LogP contribution in [0.1, 0.15) is 41.0 Å². The molecular weight excluding hydrogens is 210 g/mol. The van der Waals surface area contributed by atoms with Gasteiger partial charge >= 0.3 is 6.09 Å². The van der Waals surface area contributed by atoms with Crippen LogP contribution in [0.4, 0.5) is 4.79 Å². The van der Waals surface area contributed by atoms with Crippen LogP contribution >= 0.6 is 12.6 Å². The summed E-state index contributed by atoms with van der Waals surface area (Å²) >= 11 is 4.17. The van der Waals surface area contributed by atoms with E-state index in [0.717, 1.165) is 12.2 Å². The van der Waals surface area contributed by atoms with Gasteiger partial charge in [-0.2, -0.15) is 12.6 Å². The number of hydrogen-bond donors (Lipinski definition) is 2. The molecule has 1 atom stereocenters. The Morgan fingerprint density at radius 3 is 2.27 bits per heavy atom. The Bertz CT molecular complexity index is 199. The van der Waals surface area contributed by atoms with Crippen LogP contribution in [0, 0.1) is 5.92 Å². The second-order valence-corrected chi connectivity index (χ2v) is 5.46. The van der Waals surface area contributed by atoms with Crippen molar-refractivity contribution in [2.24, 2.45) is 5.92 Å². The minimum atomic E-state index is -0.438. The van der Waals surface area contributed by atoms with Gasteiger partial charge in [-0.1, -0.05) is 13.8 Å². The average molecular weight is 233 g/mol. The molecular formula is C11H23NO2S. The van der Waals surface area contributed by atoms with Gasteiger partial charge in [-0.3, -0.25) is 0 Å². The number of nitrogens with one attached hydrogen (secondary N) is 1. The molecule has 0 aliphatic carbocycles. The van der Waals surface area contributed by atoms with Crippen molar-refractivity contribution in [1.29, 1.82) is 0 Å². The number of alkyl carbamates (subject to hydrolysis) is 1. The maximum absolute atomic E-state index is 11.5. The van der Waals surface area contributed by atoms with Crippen LogP contribution in [-0.2, 0) is 4.74 Å². The predicted octanol–water partition coefficient (Wildman–Crippen LogP) is 2.86. The number of thiol groups is 1. The monoisotopic (exact) mass is 233 g/mol. The zero-order chi connectivity index (χ0) is 12.1. The summed E-state index contributed by atoms with van der Waals surface area (Å²) < 4.78 is 5.19. The van der Waals surface area contributed by atoms with Crippen molar-refractivity contribution in [2.45, 2.75) is 52.7 Å². The van der Waals surface area contributed by atoms with Gasteiger partial charge < -0.3 is 10.1 Å². The highest BCUT2D eigenvalue weighted by Gasteiger charge is 2.20. The van der Waals surface area contributed by atoms with Crippen LogP contribution in [-0.4, -0.2) is 23.5 Å². The van der Waals surface area contributed by atoms with Crippen molar-refractivity contribution >= 4 is 18.7 Å². The smallest absolute Gasteiger partial charge is 0.407 e. The average Bonchev–Trinajstić information content (AvgIpc) is 1.99. The SMILES string of the molecule is CC(C)C(CCS)NC(=O)OC(C)(C)C. The first-order chi connectivity index (χ1) is 6.76. The molecule has 0 aromatic heterocycles. The molecule has 15 heavy (non-hydrogen) atoms. The number of amides is 1. The lowest BCUT2D eigenvalue weighted by molar-refractivity contribution is 0.0489. The molecule has 1 unspecified atom stereocenters. The lowest BCUT2D eigenvalue weighted by atomic mass is 10.0. The Balaban J connectivity index is 4.11. The Morgan fingerprint density at radius 1 is 1.40 bits per heavy atom. The fraction of sp³-hybridized carbons (Fsp3) is 0.909. The van der Waals surface area contributed by atoms with Crippen LogP contribution in [0.15, 0.2) is 0 Å². The summed E-state index contributed by atoms with van der Waals surface area (Å²) in [5.74, 6) is 1.16. The van der Waals surface area contributed by atoms with Gasteiger partial charge in [-0.15, -0.1) is 0 Å². The lowest BCUT2D eigenvalue weighted by Crippen LogP contribution is -2.42. The largest absolute Gasteiger partial charge is 0.444 e. The molecule has 0 fully saturated rings. The van der Waals surface area contributed by atoms with Crippen molar-refractivity contribution < 1.29 is 9.53 Å². The van der Waals surface area contributed by atoms with Gasteiger partial charge in [-0.05, 0) is 38.9 Å². The van der Waals surface area contributed by atoms with E-state index in [1.54, 1.807) is 0 Å². The Kier molecular flexibility index (Phi) is 6.10. The molecule has 0 saturated carbocycles. The summed E-state index contributed by atoms with van der Waals surface area (Å²) in [4.78, 5) is 11.5. The van der Waals surface area contributed by atoms with Crippen LogP contribution in [0.3, 0.4) is 0 Å². The zero-order valence-corrected chi connectivity index (χ0v) is 11.2. The Morgan fingerprint density at radius 2 is 1.93 bits per heavy atom. The molecule has 90 valence electrons. The maximum Gasteiger partial charge on any atom is 0.407 e. The van der Waals surface area contributed by atoms with Gasteiger partial charge in [0.05, 0.1) is 0 Å². The van der Waals surface area contributed by atoms with E-state index in [0.29, 0.717) is 5.92 Å². The van der Waals surface area contributed by atoms with Crippen molar-refractivity contribution in [3.8, 4) is 0 Å². The summed E-state index contributed by atoms with van der Waals surface area (Å²) in [7, 11) is 0. The summed E-state index contributed by atoms with van der Waals surface area (Å²) in [6, 6.07) is 0.136. The van der Waals surface area contributed by atoms with E-state index in [4.69, 9.17) is 4.74 Å². The van der Waals surface area contributed by atoms with Gasteiger partial charge in [0.2, 0.25) is 0 Å². The van der Waals surface area contributed by atoms with E-state index in [-0.39, 0.29) is 12.1 Å². The molecule has 4 heteroatoms. The quantitative estimate of drug-likeness (QED) is 0.733. The van der Waals surface area contributed by atoms with Gasteiger partial charge in [0.25, 0.3) is 0 Å². The van der Waals surface area contributed by atoms with Crippen molar-refractivity contribution in [2.75, 3.05) is 5.75 Å². The third-order valence-electron chi connectivity index (χ3n) is 1.95. The first kappa shape index (κ1) is 14.6. The normalized spacial score (nSPS) is 13.8. The predicted molar refractivity (Wildman–Crippen MR) is 66.5 cm³/mol. The van der Waals surface area contributed by atoms with E-state index in [2.05, 4.69) is 31.8 Å². The topological polar surface area (TPSA) is 38.3 Å². The van der Waals surface area contributed by atoms with E-state index < -0.39 is 5.60 Å². The summed E-state index contributed by atoms with van der Waals surface area (Å²) in [5, 5.41) is 2.86. The molecule has 0 bridgehead atoms. The lowest BCUT2D eigenvalue weighted by Gasteiger charge is -2.25.